The fourth-order valence-electron chi connectivity index (χ4n) is 2.95. The molecule has 0 aliphatic carbocycles. The maximum absolute atomic E-state index is 11.0. The van der Waals surface area contributed by atoms with Crippen molar-refractivity contribution in [1.82, 2.24) is 9.97 Å². The Balaban J connectivity index is 1.66. The fraction of sp³-hybridized carbons (Fsp3) is 0.292. The average molecular weight is 500 g/mol. The van der Waals surface area contributed by atoms with E-state index in [2.05, 4.69) is 31.2 Å². The molecule has 0 fully saturated rings. The summed E-state index contributed by atoms with van der Waals surface area (Å²) >= 11 is 3.39. The van der Waals surface area contributed by atoms with E-state index in [4.69, 9.17) is 14.6 Å². The maximum Gasteiger partial charge on any atom is 0.335 e. The van der Waals surface area contributed by atoms with E-state index >= 15 is 0 Å². The van der Waals surface area contributed by atoms with Crippen molar-refractivity contribution in [1.29, 1.82) is 0 Å². The molecule has 0 saturated heterocycles. The lowest BCUT2D eigenvalue weighted by atomic mass is 10.1. The van der Waals surface area contributed by atoms with Gasteiger partial charge in [0.1, 0.15) is 17.4 Å². The third kappa shape index (κ3) is 7.23. The van der Waals surface area contributed by atoms with Crippen molar-refractivity contribution in [2.45, 2.75) is 26.3 Å². The highest BCUT2D eigenvalue weighted by atomic mass is 79.9. The number of benzene rings is 2. The number of hydrogen-bond acceptors (Lipinski definition) is 6. The summed E-state index contributed by atoms with van der Waals surface area (Å²) in [7, 11) is 0. The molecule has 1 heterocycles. The van der Waals surface area contributed by atoms with Gasteiger partial charge in [0, 0.05) is 24.4 Å². The number of anilines is 1. The van der Waals surface area contributed by atoms with Crippen molar-refractivity contribution in [3.8, 4) is 11.6 Å². The number of ether oxygens (including phenoxy) is 2. The monoisotopic (exact) mass is 499 g/mol. The van der Waals surface area contributed by atoms with Gasteiger partial charge in [-0.25, -0.2) is 9.78 Å². The number of hydrogen-bond donors (Lipinski definition) is 2. The highest BCUT2D eigenvalue weighted by Crippen LogP contribution is 2.18. The second kappa shape index (κ2) is 12.0. The molecule has 0 unspecified atom stereocenters. The molecule has 3 rings (SSSR count). The number of carboxylic acids is 1. The van der Waals surface area contributed by atoms with E-state index in [1.54, 1.807) is 30.3 Å². The van der Waals surface area contributed by atoms with Crippen LogP contribution in [0.5, 0.6) is 11.6 Å². The predicted octanol–water partition coefficient (Wildman–Crippen LogP) is 4.94. The van der Waals surface area contributed by atoms with Gasteiger partial charge in [0.2, 0.25) is 5.88 Å². The van der Waals surface area contributed by atoms with Crippen LogP contribution in [0.1, 0.15) is 40.7 Å². The fourth-order valence-corrected chi connectivity index (χ4v) is 3.18. The molecule has 0 atom stereocenters. The zero-order chi connectivity index (χ0) is 22.8. The van der Waals surface area contributed by atoms with Gasteiger partial charge in [-0.15, -0.1) is 0 Å². The van der Waals surface area contributed by atoms with Crippen molar-refractivity contribution in [3.63, 3.8) is 0 Å². The number of nitrogens with zero attached hydrogens (tertiary/aromatic N) is 2. The van der Waals surface area contributed by atoms with E-state index in [1.807, 2.05) is 31.2 Å². The van der Waals surface area contributed by atoms with Gasteiger partial charge >= 0.3 is 5.97 Å². The van der Waals surface area contributed by atoms with Crippen LogP contribution in [0.15, 0.2) is 54.6 Å². The highest BCUT2D eigenvalue weighted by Gasteiger charge is 2.08. The Hall–Kier alpha value is -3.13. The predicted molar refractivity (Wildman–Crippen MR) is 127 cm³/mol. The van der Waals surface area contributed by atoms with Crippen LogP contribution in [0.2, 0.25) is 0 Å². The lowest BCUT2D eigenvalue weighted by Crippen LogP contribution is -2.07. The Kier molecular flexibility index (Phi) is 8.86. The number of nitrogens with one attached hydrogen (secondary N) is 1. The first-order chi connectivity index (χ1) is 15.6. The second-order valence-corrected chi connectivity index (χ2v) is 7.80. The van der Waals surface area contributed by atoms with Crippen LogP contribution in [-0.2, 0) is 13.0 Å². The van der Waals surface area contributed by atoms with Crippen molar-refractivity contribution in [3.05, 3.63) is 77.1 Å². The minimum atomic E-state index is -0.948. The lowest BCUT2D eigenvalue weighted by Gasteiger charge is -2.11. The van der Waals surface area contributed by atoms with E-state index < -0.39 is 5.97 Å². The molecule has 0 spiro atoms. The molecule has 8 heteroatoms. The molecule has 0 radical (unpaired) electrons. The first kappa shape index (κ1) is 23.5. The first-order valence-electron chi connectivity index (χ1n) is 10.4. The Bertz CT molecular complexity index is 1010. The van der Waals surface area contributed by atoms with Gasteiger partial charge in [0.25, 0.3) is 0 Å². The number of rotatable bonds is 12. The molecule has 0 saturated carbocycles. The van der Waals surface area contributed by atoms with E-state index in [1.165, 1.54) is 0 Å². The summed E-state index contributed by atoms with van der Waals surface area (Å²) in [5, 5.41) is 13.3. The summed E-state index contributed by atoms with van der Waals surface area (Å²) in [4.78, 5) is 20.1. The van der Waals surface area contributed by atoms with Crippen LogP contribution in [0, 0.1) is 0 Å². The van der Waals surface area contributed by atoms with Gasteiger partial charge in [0.15, 0.2) is 0 Å². The molecule has 0 bridgehead atoms. The van der Waals surface area contributed by atoms with E-state index in [-0.39, 0.29) is 5.56 Å². The molecule has 168 valence electrons. The summed E-state index contributed by atoms with van der Waals surface area (Å²) in [6.07, 6.45) is 1.43. The number of carboxylic acid groups (broad SMARTS) is 1. The zero-order valence-corrected chi connectivity index (χ0v) is 19.5. The Labute approximate surface area is 196 Å². The molecule has 7 nitrogen and oxygen atoms in total. The van der Waals surface area contributed by atoms with Crippen LogP contribution in [0.3, 0.4) is 0 Å². The SMILES string of the molecule is CCOc1cc(NCc2ccc(OCCCBr)cc2)nc(Cc2ccc(C(=O)O)cc2)n1. The third-order valence-electron chi connectivity index (χ3n) is 4.55. The summed E-state index contributed by atoms with van der Waals surface area (Å²) in [5.41, 5.74) is 2.27. The lowest BCUT2D eigenvalue weighted by molar-refractivity contribution is 0.0697. The normalized spacial score (nSPS) is 10.6. The summed E-state index contributed by atoms with van der Waals surface area (Å²) in [6.45, 7) is 3.68. The molecular weight excluding hydrogens is 474 g/mol. The van der Waals surface area contributed by atoms with Crippen molar-refractivity contribution in [2.24, 2.45) is 0 Å². The largest absolute Gasteiger partial charge is 0.494 e. The molecule has 2 aromatic carbocycles. The molecule has 0 aliphatic rings. The van der Waals surface area contributed by atoms with E-state index in [0.29, 0.717) is 43.7 Å². The van der Waals surface area contributed by atoms with Gasteiger partial charge in [-0.1, -0.05) is 40.2 Å². The Morgan fingerprint density at radius 2 is 1.75 bits per heavy atom. The molecule has 2 N–H and O–H groups in total. The smallest absolute Gasteiger partial charge is 0.335 e. The first-order valence-corrected chi connectivity index (χ1v) is 11.5. The maximum atomic E-state index is 11.0. The van der Waals surface area contributed by atoms with Crippen LogP contribution >= 0.6 is 15.9 Å². The number of aromatic carboxylic acids is 1. The van der Waals surface area contributed by atoms with Gasteiger partial charge in [-0.2, -0.15) is 4.98 Å². The van der Waals surface area contributed by atoms with E-state index in [9.17, 15) is 4.79 Å². The number of carbonyl (C=O) groups is 1. The minimum Gasteiger partial charge on any atom is -0.494 e. The number of alkyl halides is 1. The molecule has 3 aromatic rings. The number of aromatic nitrogens is 2. The molecular formula is C24H26BrN3O4. The molecule has 0 aliphatic heterocycles. The van der Waals surface area contributed by atoms with Gasteiger partial charge in [-0.3, -0.25) is 0 Å². The zero-order valence-electron chi connectivity index (χ0n) is 17.9. The quantitative estimate of drug-likeness (QED) is 0.269. The third-order valence-corrected chi connectivity index (χ3v) is 5.11. The average Bonchev–Trinajstić information content (AvgIpc) is 2.79. The van der Waals surface area contributed by atoms with Crippen molar-refractivity contribution in [2.75, 3.05) is 23.9 Å². The number of halogens is 1. The summed E-state index contributed by atoms with van der Waals surface area (Å²) in [6, 6.07) is 16.4. The van der Waals surface area contributed by atoms with Crippen LogP contribution in [-0.4, -0.2) is 39.6 Å². The highest BCUT2D eigenvalue weighted by molar-refractivity contribution is 9.09. The van der Waals surface area contributed by atoms with Crippen LogP contribution in [0.25, 0.3) is 0 Å². The second-order valence-electron chi connectivity index (χ2n) is 7.01. The van der Waals surface area contributed by atoms with Gasteiger partial charge < -0.3 is 19.9 Å². The van der Waals surface area contributed by atoms with Crippen molar-refractivity contribution >= 4 is 27.7 Å². The Morgan fingerprint density at radius 1 is 1.03 bits per heavy atom. The molecule has 32 heavy (non-hydrogen) atoms. The topological polar surface area (TPSA) is 93.6 Å². The summed E-state index contributed by atoms with van der Waals surface area (Å²) in [5.74, 6) is 1.66. The van der Waals surface area contributed by atoms with Gasteiger partial charge in [0.05, 0.1) is 18.8 Å². The molecule has 1 aromatic heterocycles. The minimum absolute atomic E-state index is 0.250. The van der Waals surface area contributed by atoms with Crippen LogP contribution < -0.4 is 14.8 Å². The Morgan fingerprint density at radius 3 is 2.41 bits per heavy atom. The standard InChI is InChI=1S/C24H26BrN3O4/c1-2-31-23-15-21(26-16-18-6-10-20(11-7-18)32-13-3-12-25)27-22(28-23)14-17-4-8-19(9-5-17)24(29)30/h4-11,15H,2-3,12-14,16H2,1H3,(H,29,30)(H,26,27,28). The van der Waals surface area contributed by atoms with Crippen molar-refractivity contribution < 1.29 is 19.4 Å². The van der Waals surface area contributed by atoms with Crippen LogP contribution in [0.4, 0.5) is 5.82 Å². The summed E-state index contributed by atoms with van der Waals surface area (Å²) < 4.78 is 11.3. The molecule has 0 amide bonds. The van der Waals surface area contributed by atoms with Gasteiger partial charge in [-0.05, 0) is 48.7 Å². The van der Waals surface area contributed by atoms with E-state index in [0.717, 1.165) is 28.6 Å².